The summed E-state index contributed by atoms with van der Waals surface area (Å²) in [6, 6.07) is -1.18. The summed E-state index contributed by atoms with van der Waals surface area (Å²) in [6.07, 6.45) is 11.1. The summed E-state index contributed by atoms with van der Waals surface area (Å²) in [7, 11) is 0. The van der Waals surface area contributed by atoms with Gasteiger partial charge < -0.3 is 20.1 Å². The molecule has 2 rings (SSSR count). The molecule has 0 saturated heterocycles. The van der Waals surface area contributed by atoms with Gasteiger partial charge in [-0.05, 0) is 64.7 Å². The lowest BCUT2D eigenvalue weighted by molar-refractivity contribution is -0.155. The number of carbonyl (C=O) groups is 3. The fourth-order valence-electron chi connectivity index (χ4n) is 4.78. The minimum Gasteiger partial charge on any atom is -0.463 e. The van der Waals surface area contributed by atoms with Gasteiger partial charge in [-0.1, -0.05) is 51.5 Å². The summed E-state index contributed by atoms with van der Waals surface area (Å²) in [4.78, 5) is 38.0. The van der Waals surface area contributed by atoms with Gasteiger partial charge in [-0.15, -0.1) is 0 Å². The van der Waals surface area contributed by atoms with Gasteiger partial charge in [0.1, 0.15) is 18.2 Å². The zero-order valence-corrected chi connectivity index (χ0v) is 21.9. The van der Waals surface area contributed by atoms with E-state index in [9.17, 15) is 14.4 Å². The lowest BCUT2D eigenvalue weighted by atomic mass is 9.70. The number of nitrogens with one attached hydrogen (secondary N) is 2. The highest BCUT2D eigenvalue weighted by Crippen LogP contribution is 2.38. The molecule has 0 aromatic carbocycles. The van der Waals surface area contributed by atoms with Crippen LogP contribution in [0.5, 0.6) is 0 Å². The summed E-state index contributed by atoms with van der Waals surface area (Å²) < 4.78 is 11.1. The highest BCUT2D eigenvalue weighted by atomic mass is 16.6. The van der Waals surface area contributed by atoms with Crippen LogP contribution in [0.25, 0.3) is 0 Å². The smallest absolute Gasteiger partial charge is 0.408 e. The molecule has 0 heterocycles. The van der Waals surface area contributed by atoms with Crippen molar-refractivity contribution in [1.82, 2.24) is 10.6 Å². The van der Waals surface area contributed by atoms with Crippen LogP contribution in [0.2, 0.25) is 0 Å². The van der Waals surface area contributed by atoms with Crippen LogP contribution >= 0.6 is 0 Å². The SMILES string of the molecule is CC(C)[C@@H]1CC[C@@H](C)C[C@H]1C(=O)OC[C@@H](NC(=O)[C@@H](C)NC(=O)OC(C)(C)C)C1C=CC=CC1. The van der Waals surface area contributed by atoms with Gasteiger partial charge in [-0.3, -0.25) is 9.59 Å². The zero-order valence-electron chi connectivity index (χ0n) is 21.9. The van der Waals surface area contributed by atoms with Crippen LogP contribution in [0.4, 0.5) is 4.79 Å². The molecular formula is C27H44N2O5. The summed E-state index contributed by atoms with van der Waals surface area (Å²) in [6.45, 7) is 13.5. The maximum absolute atomic E-state index is 13.1. The first-order chi connectivity index (χ1) is 15.9. The third kappa shape index (κ3) is 8.80. The number of alkyl carbamates (subject to hydrolysis) is 1. The Morgan fingerprint density at radius 2 is 1.76 bits per heavy atom. The predicted octanol–water partition coefficient (Wildman–Crippen LogP) is 4.77. The van der Waals surface area contributed by atoms with Crippen molar-refractivity contribution in [2.24, 2.45) is 29.6 Å². The maximum atomic E-state index is 13.1. The Morgan fingerprint density at radius 1 is 1.06 bits per heavy atom. The number of carbonyl (C=O) groups excluding carboxylic acids is 3. The Morgan fingerprint density at radius 3 is 2.35 bits per heavy atom. The van der Waals surface area contributed by atoms with Gasteiger partial charge in [0.15, 0.2) is 0 Å². The molecule has 1 fully saturated rings. The van der Waals surface area contributed by atoms with Crippen molar-refractivity contribution in [2.75, 3.05) is 6.61 Å². The van der Waals surface area contributed by atoms with E-state index in [-0.39, 0.29) is 36.4 Å². The molecule has 2 N–H and O–H groups in total. The lowest BCUT2D eigenvalue weighted by Gasteiger charge is -2.36. The van der Waals surface area contributed by atoms with Crippen LogP contribution in [-0.2, 0) is 19.1 Å². The molecule has 7 heteroatoms. The Balaban J connectivity index is 2.01. The monoisotopic (exact) mass is 476 g/mol. The molecule has 2 aliphatic carbocycles. The van der Waals surface area contributed by atoms with Gasteiger partial charge in [0.05, 0.1) is 12.0 Å². The zero-order chi connectivity index (χ0) is 25.5. The first-order valence-corrected chi connectivity index (χ1v) is 12.7. The van der Waals surface area contributed by atoms with Gasteiger partial charge in [0.2, 0.25) is 5.91 Å². The minimum absolute atomic E-state index is 0.00153. The van der Waals surface area contributed by atoms with Crippen LogP contribution < -0.4 is 10.6 Å². The van der Waals surface area contributed by atoms with Crippen molar-refractivity contribution in [3.8, 4) is 0 Å². The molecule has 7 nitrogen and oxygen atoms in total. The summed E-state index contributed by atoms with van der Waals surface area (Å²) in [5, 5.41) is 5.56. The van der Waals surface area contributed by atoms with E-state index in [1.807, 2.05) is 24.3 Å². The van der Waals surface area contributed by atoms with Crippen LogP contribution in [0.1, 0.15) is 74.1 Å². The summed E-state index contributed by atoms with van der Waals surface area (Å²) in [5.74, 6) is 0.644. The van der Waals surface area contributed by atoms with Crippen LogP contribution in [0.3, 0.4) is 0 Å². The average molecular weight is 477 g/mol. The Bertz CT molecular complexity index is 767. The molecular weight excluding hydrogens is 432 g/mol. The second-order valence-electron chi connectivity index (χ2n) is 11.3. The maximum Gasteiger partial charge on any atom is 0.408 e. The van der Waals surface area contributed by atoms with Gasteiger partial charge in [0, 0.05) is 5.92 Å². The van der Waals surface area contributed by atoms with E-state index in [0.717, 1.165) is 25.7 Å². The normalized spacial score (nSPS) is 26.5. The Labute approximate surface area is 205 Å². The molecule has 1 unspecified atom stereocenters. The van der Waals surface area contributed by atoms with Crippen LogP contribution in [0.15, 0.2) is 24.3 Å². The van der Waals surface area contributed by atoms with Crippen molar-refractivity contribution >= 4 is 18.0 Å². The number of hydrogen-bond donors (Lipinski definition) is 2. The van der Waals surface area contributed by atoms with E-state index in [1.54, 1.807) is 27.7 Å². The number of rotatable bonds is 8. The van der Waals surface area contributed by atoms with E-state index in [4.69, 9.17) is 9.47 Å². The molecule has 6 atom stereocenters. The van der Waals surface area contributed by atoms with E-state index in [0.29, 0.717) is 17.8 Å². The second-order valence-corrected chi connectivity index (χ2v) is 11.3. The fraction of sp³-hybridized carbons (Fsp3) is 0.741. The molecule has 0 radical (unpaired) electrons. The minimum atomic E-state index is -0.791. The highest BCUT2D eigenvalue weighted by molar-refractivity contribution is 5.85. The van der Waals surface area contributed by atoms with E-state index < -0.39 is 17.7 Å². The second kappa shape index (κ2) is 12.4. The topological polar surface area (TPSA) is 93.7 Å². The standard InChI is InChI=1S/C27H44N2O5/c1-17(2)21-14-13-18(3)15-22(21)25(31)33-16-23(20-11-9-8-10-12-20)29-24(30)19(4)28-26(32)34-27(5,6)7/h8-11,17-23H,12-16H2,1-7H3,(H,28,32)(H,29,30)/t18-,19-,20?,21+,22-,23-/m1/s1. The van der Waals surface area contributed by atoms with Crippen molar-refractivity contribution < 1.29 is 23.9 Å². The van der Waals surface area contributed by atoms with Gasteiger partial charge in [-0.2, -0.15) is 0 Å². The number of ether oxygens (including phenoxy) is 2. The first kappa shape index (κ1) is 27.9. The van der Waals surface area contributed by atoms with Crippen molar-refractivity contribution in [3.63, 3.8) is 0 Å². The van der Waals surface area contributed by atoms with Crippen molar-refractivity contribution in [3.05, 3.63) is 24.3 Å². The van der Waals surface area contributed by atoms with Gasteiger partial charge in [0.25, 0.3) is 0 Å². The molecule has 1 saturated carbocycles. The molecule has 0 aromatic rings. The summed E-state index contributed by atoms with van der Waals surface area (Å²) >= 11 is 0. The number of allylic oxidation sites excluding steroid dienone is 3. The first-order valence-electron chi connectivity index (χ1n) is 12.7. The van der Waals surface area contributed by atoms with Crippen molar-refractivity contribution in [2.45, 2.75) is 91.8 Å². The number of hydrogen-bond acceptors (Lipinski definition) is 5. The Hall–Kier alpha value is -2.31. The third-order valence-electron chi connectivity index (χ3n) is 6.71. The number of esters is 1. The van der Waals surface area contributed by atoms with Crippen LogP contribution in [-0.4, -0.2) is 42.3 Å². The molecule has 2 aliphatic rings. The summed E-state index contributed by atoms with van der Waals surface area (Å²) in [5.41, 5.74) is -0.652. The average Bonchev–Trinajstić information content (AvgIpc) is 2.75. The highest BCUT2D eigenvalue weighted by Gasteiger charge is 2.37. The number of amides is 2. The third-order valence-corrected chi connectivity index (χ3v) is 6.71. The largest absolute Gasteiger partial charge is 0.463 e. The van der Waals surface area contributed by atoms with E-state index >= 15 is 0 Å². The van der Waals surface area contributed by atoms with Gasteiger partial charge in [-0.25, -0.2) is 4.79 Å². The molecule has 0 aromatic heterocycles. The molecule has 34 heavy (non-hydrogen) atoms. The van der Waals surface area contributed by atoms with Crippen molar-refractivity contribution in [1.29, 1.82) is 0 Å². The van der Waals surface area contributed by atoms with Gasteiger partial charge >= 0.3 is 12.1 Å². The van der Waals surface area contributed by atoms with E-state index in [1.165, 1.54) is 0 Å². The van der Waals surface area contributed by atoms with Crippen LogP contribution in [0, 0.1) is 29.6 Å². The molecule has 0 bridgehead atoms. The molecule has 2 amide bonds. The predicted molar refractivity (Wildman–Crippen MR) is 133 cm³/mol. The lowest BCUT2D eigenvalue weighted by Crippen LogP contribution is -2.52. The quantitative estimate of drug-likeness (QED) is 0.492. The van der Waals surface area contributed by atoms with E-state index in [2.05, 4.69) is 31.4 Å². The molecule has 192 valence electrons. The molecule has 0 spiro atoms. The Kier molecular flexibility index (Phi) is 10.2. The fourth-order valence-corrected chi connectivity index (χ4v) is 4.78. The molecule has 0 aliphatic heterocycles.